The van der Waals surface area contributed by atoms with E-state index in [0.717, 1.165) is 11.1 Å². The Kier molecular flexibility index (Phi) is 6.73. The Bertz CT molecular complexity index is 1360. The number of rotatable bonds is 8. The van der Waals surface area contributed by atoms with Crippen molar-refractivity contribution in [1.29, 1.82) is 0 Å². The van der Waals surface area contributed by atoms with Crippen molar-refractivity contribution in [2.75, 3.05) is 17.8 Å². The van der Waals surface area contributed by atoms with E-state index < -0.39 is 31.1 Å². The minimum atomic E-state index is -1.29. The summed E-state index contributed by atoms with van der Waals surface area (Å²) in [6.07, 6.45) is -1.53. The summed E-state index contributed by atoms with van der Waals surface area (Å²) in [4.78, 5) is 12.7. The van der Waals surface area contributed by atoms with Crippen molar-refractivity contribution >= 4 is 29.1 Å². The number of aromatic nitrogens is 4. The van der Waals surface area contributed by atoms with E-state index in [9.17, 15) is 15.3 Å². The van der Waals surface area contributed by atoms with Crippen LogP contribution in [0.15, 0.2) is 66.0 Å². The molecule has 1 aliphatic heterocycles. The standard InChI is InChI=1S/C24H25N7O5/c25-21-18-22(31(13-26-18)23-20(34)19(33)17(11-32)36-23)29-24(28-21)30-27-10-15-7-4-8-16(9-15)35-12-14-5-2-1-3-6-14/h1-10,13,17,19-20,23,32-34H,11-12H2,(H3,25,28,29,30)/b27-10+/t17-,19+,20?,23-/m1/s1. The predicted molar refractivity (Wildman–Crippen MR) is 131 cm³/mol. The molecule has 1 saturated heterocycles. The Hall–Kier alpha value is -4.10. The Morgan fingerprint density at radius 3 is 2.72 bits per heavy atom. The van der Waals surface area contributed by atoms with E-state index in [-0.39, 0.29) is 17.4 Å². The molecular weight excluding hydrogens is 466 g/mol. The third-order valence-electron chi connectivity index (χ3n) is 5.72. The van der Waals surface area contributed by atoms with Crippen molar-refractivity contribution < 1.29 is 24.8 Å². The maximum Gasteiger partial charge on any atom is 0.247 e. The van der Waals surface area contributed by atoms with Gasteiger partial charge in [0.25, 0.3) is 0 Å². The van der Waals surface area contributed by atoms with E-state index in [1.165, 1.54) is 10.9 Å². The average molecular weight is 492 g/mol. The van der Waals surface area contributed by atoms with E-state index in [1.807, 2.05) is 54.6 Å². The van der Waals surface area contributed by atoms with Crippen LogP contribution in [0.5, 0.6) is 5.75 Å². The minimum Gasteiger partial charge on any atom is -0.489 e. The first-order valence-corrected chi connectivity index (χ1v) is 11.2. The number of nitrogens with two attached hydrogens (primary N) is 1. The maximum absolute atomic E-state index is 10.4. The van der Waals surface area contributed by atoms with Crippen molar-refractivity contribution in [3.05, 3.63) is 72.1 Å². The highest BCUT2D eigenvalue weighted by molar-refractivity contribution is 5.83. The number of anilines is 2. The number of hydrazone groups is 1. The summed E-state index contributed by atoms with van der Waals surface area (Å²) >= 11 is 0. The lowest BCUT2D eigenvalue weighted by molar-refractivity contribution is -0.0511. The van der Waals surface area contributed by atoms with Crippen LogP contribution in [0.3, 0.4) is 0 Å². The van der Waals surface area contributed by atoms with Gasteiger partial charge in [-0.3, -0.25) is 4.57 Å². The van der Waals surface area contributed by atoms with Crippen molar-refractivity contribution in [2.24, 2.45) is 5.10 Å². The molecule has 12 heteroatoms. The molecule has 0 saturated carbocycles. The molecule has 5 rings (SSSR count). The van der Waals surface area contributed by atoms with Gasteiger partial charge in [0.1, 0.15) is 36.2 Å². The van der Waals surface area contributed by atoms with Crippen LogP contribution in [0.2, 0.25) is 0 Å². The fraction of sp³-hybridized carbons (Fsp3) is 0.250. The molecule has 0 amide bonds. The molecule has 12 nitrogen and oxygen atoms in total. The second-order valence-electron chi connectivity index (χ2n) is 8.20. The first-order valence-electron chi connectivity index (χ1n) is 11.2. The van der Waals surface area contributed by atoms with Crippen LogP contribution in [0.1, 0.15) is 17.4 Å². The molecule has 3 heterocycles. The lowest BCUT2D eigenvalue weighted by Gasteiger charge is -2.16. The average Bonchev–Trinajstić information content (AvgIpc) is 3.44. The summed E-state index contributed by atoms with van der Waals surface area (Å²) in [6.45, 7) is 0.00841. The molecule has 1 fully saturated rings. The lowest BCUT2D eigenvalue weighted by Crippen LogP contribution is -2.33. The van der Waals surface area contributed by atoms with Crippen molar-refractivity contribution in [3.8, 4) is 5.75 Å². The van der Waals surface area contributed by atoms with Gasteiger partial charge in [0.05, 0.1) is 19.1 Å². The maximum atomic E-state index is 10.4. The van der Waals surface area contributed by atoms with Crippen LogP contribution in [0.4, 0.5) is 11.8 Å². The van der Waals surface area contributed by atoms with Gasteiger partial charge in [-0.15, -0.1) is 0 Å². The van der Waals surface area contributed by atoms with E-state index in [4.69, 9.17) is 15.2 Å². The molecule has 1 unspecified atom stereocenters. The first-order chi connectivity index (χ1) is 17.5. The number of nitrogen functional groups attached to an aromatic ring is 1. The van der Waals surface area contributed by atoms with Gasteiger partial charge >= 0.3 is 0 Å². The molecule has 1 aliphatic rings. The SMILES string of the molecule is Nc1nc(N/N=C/c2cccc(OCc3ccccc3)c2)nc2c1ncn2[C@@H]1O[C@H](CO)[C@H](O)C1O. The molecular formula is C24H25N7O5. The zero-order valence-electron chi connectivity index (χ0n) is 19.0. The van der Waals surface area contributed by atoms with Crippen LogP contribution < -0.4 is 15.9 Å². The normalized spacial score (nSPS) is 21.9. The van der Waals surface area contributed by atoms with Gasteiger partial charge in [0.2, 0.25) is 5.95 Å². The second kappa shape index (κ2) is 10.3. The molecule has 0 radical (unpaired) electrons. The number of nitrogens with one attached hydrogen (secondary N) is 1. The van der Waals surface area contributed by atoms with Gasteiger partial charge < -0.3 is 30.5 Å². The zero-order chi connectivity index (χ0) is 25.1. The van der Waals surface area contributed by atoms with Crippen molar-refractivity contribution in [2.45, 2.75) is 31.1 Å². The molecule has 2 aromatic heterocycles. The number of imidazole rings is 1. The number of benzene rings is 2. The van der Waals surface area contributed by atoms with Gasteiger partial charge in [0.15, 0.2) is 17.7 Å². The van der Waals surface area contributed by atoms with Gasteiger partial charge in [-0.05, 0) is 23.3 Å². The van der Waals surface area contributed by atoms with Gasteiger partial charge in [-0.1, -0.05) is 42.5 Å². The number of fused-ring (bicyclic) bond motifs is 1. The lowest BCUT2D eigenvalue weighted by atomic mass is 10.1. The highest BCUT2D eigenvalue weighted by Crippen LogP contribution is 2.32. The third kappa shape index (κ3) is 4.83. The number of hydrogen-bond donors (Lipinski definition) is 5. The fourth-order valence-electron chi connectivity index (χ4n) is 3.87. The summed E-state index contributed by atoms with van der Waals surface area (Å²) in [6, 6.07) is 17.3. The zero-order valence-corrected chi connectivity index (χ0v) is 19.0. The van der Waals surface area contributed by atoms with Crippen LogP contribution in [-0.4, -0.2) is 66.0 Å². The first kappa shape index (κ1) is 23.6. The highest BCUT2D eigenvalue weighted by atomic mass is 16.6. The van der Waals surface area contributed by atoms with E-state index in [2.05, 4.69) is 25.5 Å². The molecule has 6 N–H and O–H groups in total. The van der Waals surface area contributed by atoms with Crippen LogP contribution in [0, 0.1) is 0 Å². The minimum absolute atomic E-state index is 0.0968. The molecule has 186 valence electrons. The predicted octanol–water partition coefficient (Wildman–Crippen LogP) is 1.04. The quantitative estimate of drug-likeness (QED) is 0.177. The van der Waals surface area contributed by atoms with E-state index >= 15 is 0 Å². The topological polar surface area (TPSA) is 173 Å². The Morgan fingerprint density at radius 2 is 1.94 bits per heavy atom. The molecule has 36 heavy (non-hydrogen) atoms. The number of ether oxygens (including phenoxy) is 2. The largest absolute Gasteiger partial charge is 0.489 e. The molecule has 0 spiro atoms. The molecule has 2 aromatic carbocycles. The van der Waals surface area contributed by atoms with Crippen LogP contribution in [0.25, 0.3) is 11.2 Å². The third-order valence-corrected chi connectivity index (χ3v) is 5.72. The monoisotopic (exact) mass is 491 g/mol. The fourth-order valence-corrected chi connectivity index (χ4v) is 3.87. The van der Waals surface area contributed by atoms with Gasteiger partial charge in [-0.25, -0.2) is 10.4 Å². The Morgan fingerprint density at radius 1 is 1.11 bits per heavy atom. The summed E-state index contributed by atoms with van der Waals surface area (Å²) in [7, 11) is 0. The van der Waals surface area contributed by atoms with Crippen LogP contribution in [-0.2, 0) is 11.3 Å². The number of aliphatic hydroxyl groups is 3. The van der Waals surface area contributed by atoms with Gasteiger partial charge in [0, 0.05) is 0 Å². The summed E-state index contributed by atoms with van der Waals surface area (Å²) < 4.78 is 12.9. The number of nitrogens with zero attached hydrogens (tertiary/aromatic N) is 5. The van der Waals surface area contributed by atoms with Crippen molar-refractivity contribution in [1.82, 2.24) is 19.5 Å². The Balaban J connectivity index is 1.30. The second-order valence-corrected chi connectivity index (χ2v) is 8.20. The molecule has 4 aromatic rings. The highest BCUT2D eigenvalue weighted by Gasteiger charge is 2.44. The van der Waals surface area contributed by atoms with Crippen molar-refractivity contribution in [3.63, 3.8) is 0 Å². The molecule has 4 atom stereocenters. The van der Waals surface area contributed by atoms with E-state index in [0.29, 0.717) is 17.9 Å². The van der Waals surface area contributed by atoms with Gasteiger partial charge in [-0.2, -0.15) is 15.1 Å². The summed E-state index contributed by atoms with van der Waals surface area (Å²) in [5, 5.41) is 34.0. The number of aliphatic hydroxyl groups excluding tert-OH is 3. The van der Waals surface area contributed by atoms with Crippen LogP contribution >= 0.6 is 0 Å². The summed E-state index contributed by atoms with van der Waals surface area (Å²) in [5.74, 6) is 0.896. The molecule has 0 bridgehead atoms. The summed E-state index contributed by atoms with van der Waals surface area (Å²) in [5.41, 5.74) is 11.2. The Labute approximate surface area is 205 Å². The molecule has 0 aliphatic carbocycles. The van der Waals surface area contributed by atoms with E-state index in [1.54, 1.807) is 6.21 Å². The number of hydrogen-bond acceptors (Lipinski definition) is 11. The smallest absolute Gasteiger partial charge is 0.247 e.